The molecule has 4 rings (SSSR count). The van der Waals surface area contributed by atoms with Gasteiger partial charge in [-0.1, -0.05) is 21.1 Å². The summed E-state index contributed by atoms with van der Waals surface area (Å²) in [6, 6.07) is 8.97. The number of hydrogen-bond donors (Lipinski definition) is 1. The Hall–Kier alpha value is -2.84. The molecule has 0 amide bonds. The Morgan fingerprint density at radius 2 is 2.00 bits per heavy atom. The van der Waals surface area contributed by atoms with E-state index in [4.69, 9.17) is 8.94 Å². The Kier molecular flexibility index (Phi) is 4.14. The fourth-order valence-electron chi connectivity index (χ4n) is 2.61. The van der Waals surface area contributed by atoms with Crippen LogP contribution < -0.4 is 5.63 Å². The van der Waals surface area contributed by atoms with Crippen molar-refractivity contribution in [1.29, 1.82) is 0 Å². The number of nitrogens with zero attached hydrogens (tertiary/aromatic N) is 3. The van der Waals surface area contributed by atoms with E-state index in [1.165, 1.54) is 0 Å². The van der Waals surface area contributed by atoms with Gasteiger partial charge in [0.1, 0.15) is 5.56 Å². The van der Waals surface area contributed by atoms with Crippen molar-refractivity contribution in [2.24, 2.45) is 0 Å². The van der Waals surface area contributed by atoms with E-state index in [9.17, 15) is 9.90 Å². The van der Waals surface area contributed by atoms with E-state index in [0.717, 1.165) is 10.0 Å². The van der Waals surface area contributed by atoms with Gasteiger partial charge in [0.15, 0.2) is 5.58 Å². The van der Waals surface area contributed by atoms with Crippen LogP contribution in [0.4, 0.5) is 0 Å². The van der Waals surface area contributed by atoms with Gasteiger partial charge in [0.05, 0.1) is 12.3 Å². The zero-order valence-corrected chi connectivity index (χ0v) is 15.1. The first kappa shape index (κ1) is 16.6. The van der Waals surface area contributed by atoms with Gasteiger partial charge < -0.3 is 14.0 Å². The second-order valence-corrected chi connectivity index (χ2v) is 6.56. The Labute approximate surface area is 155 Å². The first-order valence-electron chi connectivity index (χ1n) is 7.70. The summed E-state index contributed by atoms with van der Waals surface area (Å²) in [4.78, 5) is 20.8. The molecule has 0 radical (unpaired) electrons. The lowest BCUT2D eigenvalue weighted by Crippen LogP contribution is -2.05. The predicted octanol–water partition coefficient (Wildman–Crippen LogP) is 3.47. The van der Waals surface area contributed by atoms with Crippen LogP contribution in [-0.4, -0.2) is 20.2 Å². The van der Waals surface area contributed by atoms with Crippen LogP contribution in [0.5, 0.6) is 0 Å². The molecule has 0 saturated heterocycles. The summed E-state index contributed by atoms with van der Waals surface area (Å²) >= 11 is 3.37. The number of aromatic nitrogens is 3. The first-order chi connectivity index (χ1) is 12.6. The Morgan fingerprint density at radius 3 is 2.73 bits per heavy atom. The summed E-state index contributed by atoms with van der Waals surface area (Å²) in [5, 5.41) is 14.0. The van der Waals surface area contributed by atoms with Gasteiger partial charge in [0, 0.05) is 27.2 Å². The summed E-state index contributed by atoms with van der Waals surface area (Å²) in [7, 11) is 0. The molecule has 0 spiro atoms. The smallest absolute Gasteiger partial charge is 0.349 e. The minimum atomic E-state index is -0.608. The number of aliphatic hydroxyl groups excluding tert-OH is 1. The molecule has 4 aromatic rings. The lowest BCUT2D eigenvalue weighted by Gasteiger charge is -2.05. The molecule has 0 saturated carbocycles. The first-order valence-corrected chi connectivity index (χ1v) is 8.49. The maximum atomic E-state index is 12.4. The molecule has 0 bridgehead atoms. The van der Waals surface area contributed by atoms with E-state index in [2.05, 4.69) is 31.1 Å². The quantitative estimate of drug-likeness (QED) is 0.548. The highest BCUT2D eigenvalue weighted by atomic mass is 79.9. The van der Waals surface area contributed by atoms with Crippen molar-refractivity contribution in [2.45, 2.75) is 13.5 Å². The number of fused-ring (bicyclic) bond motifs is 1. The standard InChI is InChI=1S/C18H12BrN3O4/c1-9-15-13(11(8-23)7-20-9)6-14(18(24)25-15)17-21-16(22-26-17)10-2-4-12(19)5-3-10/h2-7,23H,8H2,1H3. The normalized spacial score (nSPS) is 11.2. The highest BCUT2D eigenvalue weighted by Gasteiger charge is 2.18. The van der Waals surface area contributed by atoms with Gasteiger partial charge in [0.25, 0.3) is 5.89 Å². The number of rotatable bonds is 3. The Morgan fingerprint density at radius 1 is 1.23 bits per heavy atom. The highest BCUT2D eigenvalue weighted by molar-refractivity contribution is 9.10. The van der Waals surface area contributed by atoms with E-state index in [1.807, 2.05) is 24.3 Å². The van der Waals surface area contributed by atoms with Gasteiger partial charge in [-0.3, -0.25) is 4.98 Å². The fourth-order valence-corrected chi connectivity index (χ4v) is 2.87. The number of halogens is 1. The third kappa shape index (κ3) is 2.83. The van der Waals surface area contributed by atoms with E-state index >= 15 is 0 Å². The van der Waals surface area contributed by atoms with Gasteiger partial charge >= 0.3 is 5.63 Å². The number of aliphatic hydroxyl groups is 1. The van der Waals surface area contributed by atoms with Crippen LogP contribution in [0, 0.1) is 6.92 Å². The summed E-state index contributed by atoms with van der Waals surface area (Å²) in [5.74, 6) is 0.414. The lowest BCUT2D eigenvalue weighted by molar-refractivity contribution is 0.282. The summed E-state index contributed by atoms with van der Waals surface area (Å²) in [6.45, 7) is 1.50. The maximum Gasteiger partial charge on any atom is 0.349 e. The van der Waals surface area contributed by atoms with Crippen molar-refractivity contribution in [2.75, 3.05) is 0 Å². The summed E-state index contributed by atoms with van der Waals surface area (Å²) in [6.07, 6.45) is 1.54. The lowest BCUT2D eigenvalue weighted by atomic mass is 10.1. The van der Waals surface area contributed by atoms with Gasteiger partial charge in [-0.05, 0) is 37.3 Å². The average molecular weight is 414 g/mol. The van der Waals surface area contributed by atoms with E-state index in [0.29, 0.717) is 28.1 Å². The zero-order valence-electron chi connectivity index (χ0n) is 13.6. The van der Waals surface area contributed by atoms with Crippen molar-refractivity contribution < 1.29 is 14.0 Å². The average Bonchev–Trinajstić information content (AvgIpc) is 3.12. The number of benzene rings is 1. The van der Waals surface area contributed by atoms with E-state index in [-0.39, 0.29) is 18.1 Å². The molecule has 7 nitrogen and oxygen atoms in total. The topological polar surface area (TPSA) is 102 Å². The Bertz CT molecular complexity index is 1170. The van der Waals surface area contributed by atoms with Crippen LogP contribution in [-0.2, 0) is 6.61 Å². The third-order valence-electron chi connectivity index (χ3n) is 3.97. The highest BCUT2D eigenvalue weighted by Crippen LogP contribution is 2.26. The minimum absolute atomic E-state index is 0.0527. The van der Waals surface area contributed by atoms with Crippen LogP contribution in [0.15, 0.2) is 54.7 Å². The molecule has 1 N–H and O–H groups in total. The molecule has 3 heterocycles. The molecule has 0 unspecified atom stereocenters. The third-order valence-corrected chi connectivity index (χ3v) is 4.49. The number of pyridine rings is 1. The van der Waals surface area contributed by atoms with Crippen LogP contribution >= 0.6 is 15.9 Å². The molecule has 3 aromatic heterocycles. The molecule has 0 atom stereocenters. The van der Waals surface area contributed by atoms with Crippen molar-refractivity contribution in [1.82, 2.24) is 15.1 Å². The summed E-state index contributed by atoms with van der Waals surface area (Å²) < 4.78 is 11.6. The molecular weight excluding hydrogens is 402 g/mol. The number of hydrogen-bond acceptors (Lipinski definition) is 7. The summed E-state index contributed by atoms with van der Waals surface area (Å²) in [5.41, 5.74) is 1.71. The van der Waals surface area contributed by atoms with Crippen molar-refractivity contribution >= 4 is 26.9 Å². The monoisotopic (exact) mass is 413 g/mol. The van der Waals surface area contributed by atoms with Crippen LogP contribution in [0.2, 0.25) is 0 Å². The molecular formula is C18H12BrN3O4. The largest absolute Gasteiger partial charge is 0.420 e. The molecule has 0 aliphatic rings. The van der Waals surface area contributed by atoms with Crippen LogP contribution in [0.3, 0.4) is 0 Å². The van der Waals surface area contributed by atoms with Crippen LogP contribution in [0.25, 0.3) is 33.8 Å². The molecule has 130 valence electrons. The van der Waals surface area contributed by atoms with Gasteiger partial charge in [-0.15, -0.1) is 0 Å². The molecule has 8 heteroatoms. The van der Waals surface area contributed by atoms with Crippen molar-refractivity contribution in [3.8, 4) is 22.8 Å². The van der Waals surface area contributed by atoms with Gasteiger partial charge in [-0.25, -0.2) is 4.79 Å². The molecule has 0 fully saturated rings. The minimum Gasteiger partial charge on any atom is -0.420 e. The molecule has 0 aliphatic carbocycles. The van der Waals surface area contributed by atoms with E-state index in [1.54, 1.807) is 19.2 Å². The fraction of sp³-hybridized carbons (Fsp3) is 0.111. The molecule has 0 aliphatic heterocycles. The zero-order chi connectivity index (χ0) is 18.3. The predicted molar refractivity (Wildman–Crippen MR) is 97.4 cm³/mol. The SMILES string of the molecule is Cc1ncc(CO)c2cc(-c3nc(-c4ccc(Br)cc4)no3)c(=O)oc12. The molecule has 26 heavy (non-hydrogen) atoms. The van der Waals surface area contributed by atoms with Crippen molar-refractivity contribution in [3.05, 3.63) is 62.7 Å². The molecule has 1 aromatic carbocycles. The van der Waals surface area contributed by atoms with Gasteiger partial charge in [-0.2, -0.15) is 4.98 Å². The Balaban J connectivity index is 1.86. The second-order valence-electron chi connectivity index (χ2n) is 5.65. The second kappa shape index (κ2) is 6.47. The van der Waals surface area contributed by atoms with Gasteiger partial charge in [0.2, 0.25) is 5.82 Å². The van der Waals surface area contributed by atoms with E-state index < -0.39 is 5.63 Å². The van der Waals surface area contributed by atoms with Crippen molar-refractivity contribution in [3.63, 3.8) is 0 Å². The van der Waals surface area contributed by atoms with Crippen LogP contribution in [0.1, 0.15) is 11.3 Å². The number of aryl methyl sites for hydroxylation is 1. The maximum absolute atomic E-state index is 12.4.